The van der Waals surface area contributed by atoms with Crippen molar-refractivity contribution < 1.29 is 19.2 Å². The fraction of sp³-hybridized carbons (Fsp3) is 0.462. The lowest BCUT2D eigenvalue weighted by atomic mass is 9.90. The number of rotatable bonds is 6. The summed E-state index contributed by atoms with van der Waals surface area (Å²) in [7, 11) is -3.74. The van der Waals surface area contributed by atoms with E-state index in [2.05, 4.69) is 15.7 Å². The number of carbonyl (C=O) groups excluding carboxylic acids is 1. The van der Waals surface area contributed by atoms with Crippen molar-refractivity contribution in [3.8, 4) is 6.07 Å². The number of amides is 2. The third-order valence-corrected chi connectivity index (χ3v) is 7.03. The van der Waals surface area contributed by atoms with E-state index in [1.807, 2.05) is 27.7 Å². The maximum absolute atomic E-state index is 13.4. The number of nitrogens with one attached hydrogen (secondary N) is 1. The van der Waals surface area contributed by atoms with Crippen LogP contribution >= 0.6 is 0 Å². The second-order valence-electron chi connectivity index (χ2n) is 10.4. The van der Waals surface area contributed by atoms with E-state index in [-0.39, 0.29) is 16.7 Å². The maximum Gasteiger partial charge on any atom is 0.354 e. The number of carbonyl (C=O) groups is 1. The predicted octanol–water partition coefficient (Wildman–Crippen LogP) is 5.19. The molecule has 0 aliphatic heterocycles. The van der Waals surface area contributed by atoms with E-state index in [1.54, 1.807) is 45.9 Å². The Bertz CT molecular complexity index is 1220. The number of nitriles is 1. The summed E-state index contributed by atoms with van der Waals surface area (Å²) in [5.74, 6) is -0.00714. The number of anilines is 1. The molecule has 0 unspecified atom stereocenters. The van der Waals surface area contributed by atoms with Gasteiger partial charge in [0.05, 0.1) is 27.7 Å². The summed E-state index contributed by atoms with van der Waals surface area (Å²) < 4.78 is 17.2. The number of nitrogens with zero attached hydrogens (tertiary/aromatic N) is 2. The topological polar surface area (TPSA) is 149 Å². The van der Waals surface area contributed by atoms with Crippen molar-refractivity contribution in [2.75, 3.05) is 5.32 Å². The van der Waals surface area contributed by atoms with Gasteiger partial charge >= 0.3 is 6.03 Å². The van der Waals surface area contributed by atoms with Gasteiger partial charge in [0.1, 0.15) is 9.92 Å². The lowest BCUT2D eigenvalue weighted by molar-refractivity contribution is 0.0713. The monoisotopic (exact) mass is 500 g/mol. The Kier molecular flexibility index (Phi) is 8.19. The van der Waals surface area contributed by atoms with Gasteiger partial charge in [-0.2, -0.15) is 5.26 Å². The highest BCUT2D eigenvalue weighted by Crippen LogP contribution is 2.34. The number of nitrogens with two attached hydrogens (primary N) is 1. The summed E-state index contributed by atoms with van der Waals surface area (Å²) in [4.78, 5) is 13.0. The first-order valence-electron chi connectivity index (χ1n) is 11.4. The number of aliphatic hydroxyl groups is 2. The highest BCUT2D eigenvalue weighted by molar-refractivity contribution is 7.91. The first-order valence-corrected chi connectivity index (χ1v) is 13.0. The van der Waals surface area contributed by atoms with Gasteiger partial charge in [0, 0.05) is 5.69 Å². The molecule has 1 atom stereocenters. The molecular formula is C26H36N4O4S. The molecular weight excluding hydrogens is 464 g/mol. The van der Waals surface area contributed by atoms with Crippen LogP contribution in [0.4, 0.5) is 10.5 Å². The fourth-order valence-corrected chi connectivity index (χ4v) is 4.58. The Morgan fingerprint density at radius 2 is 1.40 bits per heavy atom. The van der Waals surface area contributed by atoms with E-state index in [0.29, 0.717) is 22.4 Å². The number of hydrogen-bond donors (Lipinski definition) is 4. The van der Waals surface area contributed by atoms with Gasteiger partial charge in [-0.05, 0) is 86.1 Å². The SMILES string of the molecule is CC(C)c1cc(C#N)cc(C(C)C)c1NC(=O)N=[S@@](N)(=O)c1cc(C(C)(C)O)cc(C(C)(C)O)c1. The van der Waals surface area contributed by atoms with E-state index >= 15 is 0 Å². The molecule has 190 valence electrons. The molecule has 2 rings (SSSR count). The van der Waals surface area contributed by atoms with Gasteiger partial charge in [-0.15, -0.1) is 4.36 Å². The number of benzene rings is 2. The summed E-state index contributed by atoms with van der Waals surface area (Å²) in [6.07, 6.45) is 0. The van der Waals surface area contributed by atoms with Crippen LogP contribution < -0.4 is 10.5 Å². The second-order valence-corrected chi connectivity index (χ2v) is 12.2. The first kappa shape index (κ1) is 28.5. The van der Waals surface area contributed by atoms with E-state index in [9.17, 15) is 24.5 Å². The van der Waals surface area contributed by atoms with Crippen LogP contribution in [0.2, 0.25) is 0 Å². The average molecular weight is 501 g/mol. The maximum atomic E-state index is 13.4. The van der Waals surface area contributed by atoms with Crippen LogP contribution in [0.25, 0.3) is 0 Å². The normalized spacial score (nSPS) is 13.9. The molecule has 0 saturated heterocycles. The lowest BCUT2D eigenvalue weighted by Crippen LogP contribution is -2.24. The van der Waals surface area contributed by atoms with E-state index in [1.165, 1.54) is 12.1 Å². The molecule has 5 N–H and O–H groups in total. The molecule has 0 aliphatic carbocycles. The Morgan fingerprint density at radius 3 is 1.74 bits per heavy atom. The summed E-state index contributed by atoms with van der Waals surface area (Å²) in [6, 6.07) is 9.13. The Morgan fingerprint density at radius 1 is 0.971 bits per heavy atom. The summed E-state index contributed by atoms with van der Waals surface area (Å²) >= 11 is 0. The molecule has 35 heavy (non-hydrogen) atoms. The van der Waals surface area contributed by atoms with Crippen LogP contribution in [0.5, 0.6) is 0 Å². The van der Waals surface area contributed by atoms with Gasteiger partial charge in [-0.3, -0.25) is 0 Å². The molecule has 2 aromatic carbocycles. The molecule has 0 bridgehead atoms. The summed E-state index contributed by atoms with van der Waals surface area (Å²) in [6.45, 7) is 14.0. The molecule has 8 nitrogen and oxygen atoms in total. The zero-order valence-electron chi connectivity index (χ0n) is 21.6. The highest BCUT2D eigenvalue weighted by Gasteiger charge is 2.26. The molecule has 0 saturated carbocycles. The van der Waals surface area contributed by atoms with Crippen LogP contribution in [0, 0.1) is 11.3 Å². The van der Waals surface area contributed by atoms with Gasteiger partial charge in [0.25, 0.3) is 0 Å². The van der Waals surface area contributed by atoms with Gasteiger partial charge in [-0.25, -0.2) is 14.1 Å². The molecule has 0 spiro atoms. The van der Waals surface area contributed by atoms with Crippen molar-refractivity contribution in [3.63, 3.8) is 0 Å². The smallest absolute Gasteiger partial charge is 0.354 e. The number of urea groups is 1. The van der Waals surface area contributed by atoms with E-state index < -0.39 is 27.1 Å². The number of hydrogen-bond acceptors (Lipinski definition) is 5. The third kappa shape index (κ3) is 6.89. The molecule has 9 heteroatoms. The van der Waals surface area contributed by atoms with Crippen molar-refractivity contribution in [2.24, 2.45) is 9.50 Å². The Balaban J connectivity index is 2.64. The minimum absolute atomic E-state index is 0.00357. The van der Waals surface area contributed by atoms with Crippen LogP contribution in [-0.2, 0) is 21.1 Å². The summed E-state index contributed by atoms with van der Waals surface area (Å²) in [5, 5.41) is 39.2. The quantitative estimate of drug-likeness (QED) is 0.430. The van der Waals surface area contributed by atoms with Crippen molar-refractivity contribution in [3.05, 3.63) is 58.1 Å². The zero-order valence-corrected chi connectivity index (χ0v) is 22.4. The van der Waals surface area contributed by atoms with Crippen molar-refractivity contribution in [1.29, 1.82) is 5.26 Å². The standard InChI is InChI=1S/C26H36N4O4S/c1-15(2)21-9-17(14-27)10-22(16(3)4)23(21)29-24(31)30-35(28,34)20-12-18(25(5,6)32)11-19(13-20)26(7,8)33/h9-13,15-16,32-33H,1-8H3,(H3,28,29,30,31,34)/t35-/m1/s1. The minimum Gasteiger partial charge on any atom is -0.386 e. The first-order chi connectivity index (χ1) is 15.9. The lowest BCUT2D eigenvalue weighted by Gasteiger charge is -2.24. The minimum atomic E-state index is -3.74. The molecule has 2 amide bonds. The van der Waals surface area contributed by atoms with Gasteiger partial charge < -0.3 is 15.5 Å². The van der Waals surface area contributed by atoms with E-state index in [0.717, 1.165) is 11.1 Å². The second kappa shape index (κ2) is 10.1. The molecule has 2 aromatic rings. The van der Waals surface area contributed by atoms with Crippen LogP contribution in [0.1, 0.15) is 95.0 Å². The molecule has 0 aliphatic rings. The largest absolute Gasteiger partial charge is 0.386 e. The molecule has 0 aromatic heterocycles. The highest BCUT2D eigenvalue weighted by atomic mass is 32.2. The average Bonchev–Trinajstić information content (AvgIpc) is 2.71. The van der Waals surface area contributed by atoms with Gasteiger partial charge in [0.2, 0.25) is 0 Å². The van der Waals surface area contributed by atoms with Crippen molar-refractivity contribution in [1.82, 2.24) is 0 Å². The Labute approximate surface area is 208 Å². The third-order valence-electron chi connectivity index (χ3n) is 5.68. The summed E-state index contributed by atoms with van der Waals surface area (Å²) in [5.41, 5.74) is 0.636. The van der Waals surface area contributed by atoms with Gasteiger partial charge in [-0.1, -0.05) is 33.8 Å². The van der Waals surface area contributed by atoms with Crippen LogP contribution in [0.15, 0.2) is 39.6 Å². The zero-order chi connectivity index (χ0) is 26.9. The molecule has 0 heterocycles. The Hall–Kier alpha value is -2.77. The van der Waals surface area contributed by atoms with Crippen LogP contribution in [0.3, 0.4) is 0 Å². The van der Waals surface area contributed by atoms with Crippen molar-refractivity contribution in [2.45, 2.75) is 83.3 Å². The molecule has 0 fully saturated rings. The van der Waals surface area contributed by atoms with Crippen molar-refractivity contribution >= 4 is 21.6 Å². The van der Waals surface area contributed by atoms with E-state index in [4.69, 9.17) is 5.14 Å². The van der Waals surface area contributed by atoms with Gasteiger partial charge in [0.15, 0.2) is 0 Å². The molecule has 0 radical (unpaired) electrons. The fourth-order valence-electron chi connectivity index (χ4n) is 3.59. The van der Waals surface area contributed by atoms with Crippen LogP contribution in [-0.4, -0.2) is 20.5 Å². The predicted molar refractivity (Wildman–Crippen MR) is 138 cm³/mol.